The van der Waals surface area contributed by atoms with Crippen molar-refractivity contribution in [1.82, 2.24) is 10.4 Å². The molecule has 0 aliphatic rings. The quantitative estimate of drug-likeness (QED) is 0.595. The van der Waals surface area contributed by atoms with E-state index in [0.717, 1.165) is 18.4 Å². The summed E-state index contributed by atoms with van der Waals surface area (Å²) in [5.74, 6) is 6.23. The molecule has 0 saturated heterocycles. The summed E-state index contributed by atoms with van der Waals surface area (Å²) >= 11 is 6.06. The van der Waals surface area contributed by atoms with Gasteiger partial charge in [0.25, 0.3) is 0 Å². The molecule has 16 heavy (non-hydrogen) atoms. The Kier molecular flexibility index (Phi) is 5.74. The van der Waals surface area contributed by atoms with Crippen LogP contribution in [0.15, 0.2) is 18.5 Å². The van der Waals surface area contributed by atoms with E-state index >= 15 is 0 Å². The highest BCUT2D eigenvalue weighted by Crippen LogP contribution is 2.18. The van der Waals surface area contributed by atoms with Crippen LogP contribution >= 0.6 is 11.6 Å². The van der Waals surface area contributed by atoms with Gasteiger partial charge in [-0.2, -0.15) is 0 Å². The first-order valence-electron chi connectivity index (χ1n) is 5.71. The Morgan fingerprint density at radius 1 is 1.56 bits per heavy atom. The molecule has 1 aromatic rings. The molecule has 1 rings (SSSR count). The van der Waals surface area contributed by atoms with Crippen molar-refractivity contribution in [2.75, 3.05) is 0 Å². The molecular weight excluding hydrogens is 222 g/mol. The Labute approximate surface area is 102 Å². The molecule has 0 saturated carbocycles. The fourth-order valence-electron chi connectivity index (χ4n) is 1.70. The average Bonchev–Trinajstić information content (AvgIpc) is 2.30. The van der Waals surface area contributed by atoms with Crippen molar-refractivity contribution in [1.29, 1.82) is 0 Å². The van der Waals surface area contributed by atoms with Crippen LogP contribution in [0.5, 0.6) is 0 Å². The summed E-state index contributed by atoms with van der Waals surface area (Å²) in [6.45, 7) is 4.43. The summed E-state index contributed by atoms with van der Waals surface area (Å²) in [5, 5.41) is 0.715. The number of nitrogens with one attached hydrogen (secondary N) is 1. The van der Waals surface area contributed by atoms with Gasteiger partial charge in [0.1, 0.15) is 0 Å². The molecular formula is C12H20ClN3. The van der Waals surface area contributed by atoms with Gasteiger partial charge in [-0.1, -0.05) is 31.9 Å². The topological polar surface area (TPSA) is 50.9 Å². The number of pyridine rings is 1. The number of hydrazine groups is 1. The van der Waals surface area contributed by atoms with Crippen LogP contribution in [0.2, 0.25) is 5.02 Å². The summed E-state index contributed by atoms with van der Waals surface area (Å²) in [6.07, 6.45) is 6.52. The Bertz CT molecular complexity index is 317. The predicted octanol–water partition coefficient (Wildman–Crippen LogP) is 2.55. The molecule has 1 aromatic heterocycles. The van der Waals surface area contributed by atoms with E-state index in [1.54, 1.807) is 12.4 Å². The van der Waals surface area contributed by atoms with Gasteiger partial charge >= 0.3 is 0 Å². The summed E-state index contributed by atoms with van der Waals surface area (Å²) in [4.78, 5) is 3.97. The predicted molar refractivity (Wildman–Crippen MR) is 68.1 cm³/mol. The van der Waals surface area contributed by atoms with E-state index in [4.69, 9.17) is 17.4 Å². The fraction of sp³-hybridized carbons (Fsp3) is 0.583. The van der Waals surface area contributed by atoms with E-state index in [0.29, 0.717) is 10.9 Å². The Morgan fingerprint density at radius 2 is 2.31 bits per heavy atom. The van der Waals surface area contributed by atoms with Crippen LogP contribution in [0, 0.1) is 5.92 Å². The van der Waals surface area contributed by atoms with Gasteiger partial charge in [-0.25, -0.2) is 0 Å². The molecule has 0 aliphatic carbocycles. The van der Waals surface area contributed by atoms with Gasteiger partial charge in [-0.3, -0.25) is 16.3 Å². The summed E-state index contributed by atoms with van der Waals surface area (Å²) in [5.41, 5.74) is 3.96. The highest BCUT2D eigenvalue weighted by atomic mass is 35.5. The second-order valence-corrected chi connectivity index (χ2v) is 4.69. The second kappa shape index (κ2) is 6.84. The molecule has 0 radical (unpaired) electrons. The number of hydrogen-bond donors (Lipinski definition) is 2. The minimum Gasteiger partial charge on any atom is -0.271 e. The lowest BCUT2D eigenvalue weighted by atomic mass is 9.95. The van der Waals surface area contributed by atoms with Gasteiger partial charge in [0, 0.05) is 18.4 Å². The Balaban J connectivity index is 2.60. The van der Waals surface area contributed by atoms with Crippen molar-refractivity contribution >= 4 is 11.6 Å². The van der Waals surface area contributed by atoms with Crippen LogP contribution in [0.3, 0.4) is 0 Å². The molecule has 2 unspecified atom stereocenters. The molecule has 0 aliphatic heterocycles. The molecule has 4 heteroatoms. The van der Waals surface area contributed by atoms with Crippen LogP contribution in [0.1, 0.15) is 32.3 Å². The third kappa shape index (κ3) is 4.08. The van der Waals surface area contributed by atoms with E-state index in [1.165, 1.54) is 6.42 Å². The van der Waals surface area contributed by atoms with Gasteiger partial charge in [-0.05, 0) is 30.4 Å². The molecule has 0 spiro atoms. The van der Waals surface area contributed by atoms with Crippen molar-refractivity contribution in [3.05, 3.63) is 29.0 Å². The zero-order valence-electron chi connectivity index (χ0n) is 9.91. The first-order valence-corrected chi connectivity index (χ1v) is 6.09. The highest BCUT2D eigenvalue weighted by Gasteiger charge is 2.13. The lowest BCUT2D eigenvalue weighted by molar-refractivity contribution is 0.396. The smallest absolute Gasteiger partial charge is 0.0621 e. The lowest BCUT2D eigenvalue weighted by Gasteiger charge is -2.19. The van der Waals surface area contributed by atoms with Gasteiger partial charge in [0.05, 0.1) is 5.02 Å². The molecule has 0 fully saturated rings. The molecule has 2 atom stereocenters. The molecule has 0 bridgehead atoms. The standard InChI is InChI=1S/C12H20ClN3/c1-3-9(2)6-11(16-14)7-10-4-5-15-8-12(10)13/h4-5,8-9,11,16H,3,6-7,14H2,1-2H3. The number of nitrogens with two attached hydrogens (primary N) is 1. The summed E-state index contributed by atoms with van der Waals surface area (Å²) in [6, 6.07) is 2.22. The normalized spacial score (nSPS) is 14.8. The SMILES string of the molecule is CCC(C)CC(Cc1ccncc1Cl)NN. The van der Waals surface area contributed by atoms with E-state index in [9.17, 15) is 0 Å². The van der Waals surface area contributed by atoms with E-state index in [1.807, 2.05) is 6.07 Å². The highest BCUT2D eigenvalue weighted by molar-refractivity contribution is 6.31. The van der Waals surface area contributed by atoms with Crippen molar-refractivity contribution in [2.45, 2.75) is 39.2 Å². The zero-order chi connectivity index (χ0) is 12.0. The second-order valence-electron chi connectivity index (χ2n) is 4.28. The van der Waals surface area contributed by atoms with Crippen molar-refractivity contribution in [3.63, 3.8) is 0 Å². The zero-order valence-corrected chi connectivity index (χ0v) is 10.7. The first kappa shape index (κ1) is 13.4. The van der Waals surface area contributed by atoms with Gasteiger partial charge in [-0.15, -0.1) is 0 Å². The third-order valence-electron chi connectivity index (χ3n) is 2.94. The number of hydrogen-bond acceptors (Lipinski definition) is 3. The van der Waals surface area contributed by atoms with Gasteiger partial charge in [0.15, 0.2) is 0 Å². The van der Waals surface area contributed by atoms with Crippen LogP contribution in [0.4, 0.5) is 0 Å². The molecule has 0 aromatic carbocycles. The third-order valence-corrected chi connectivity index (χ3v) is 3.28. The van der Waals surface area contributed by atoms with Crippen LogP contribution in [-0.2, 0) is 6.42 Å². The number of rotatable bonds is 6. The van der Waals surface area contributed by atoms with E-state index in [2.05, 4.69) is 24.3 Å². The van der Waals surface area contributed by atoms with Crippen LogP contribution < -0.4 is 11.3 Å². The minimum atomic E-state index is 0.273. The van der Waals surface area contributed by atoms with Gasteiger partial charge < -0.3 is 0 Å². The lowest BCUT2D eigenvalue weighted by Crippen LogP contribution is -2.38. The van der Waals surface area contributed by atoms with Crippen LogP contribution in [0.25, 0.3) is 0 Å². The maximum Gasteiger partial charge on any atom is 0.0621 e. The number of halogens is 1. The first-order chi connectivity index (χ1) is 7.67. The molecule has 3 nitrogen and oxygen atoms in total. The maximum atomic E-state index is 6.06. The molecule has 0 amide bonds. The van der Waals surface area contributed by atoms with Crippen molar-refractivity contribution in [3.8, 4) is 0 Å². The van der Waals surface area contributed by atoms with E-state index in [-0.39, 0.29) is 6.04 Å². The summed E-state index contributed by atoms with van der Waals surface area (Å²) < 4.78 is 0. The van der Waals surface area contributed by atoms with E-state index < -0.39 is 0 Å². The minimum absolute atomic E-state index is 0.273. The number of aromatic nitrogens is 1. The molecule has 3 N–H and O–H groups in total. The Hall–Kier alpha value is -0.640. The average molecular weight is 242 g/mol. The number of nitrogens with zero attached hydrogens (tertiary/aromatic N) is 1. The van der Waals surface area contributed by atoms with Crippen molar-refractivity contribution in [2.24, 2.45) is 11.8 Å². The summed E-state index contributed by atoms with van der Waals surface area (Å²) in [7, 11) is 0. The monoisotopic (exact) mass is 241 g/mol. The molecule has 1 heterocycles. The van der Waals surface area contributed by atoms with Gasteiger partial charge in [0.2, 0.25) is 0 Å². The largest absolute Gasteiger partial charge is 0.271 e. The Morgan fingerprint density at radius 3 is 2.88 bits per heavy atom. The molecule has 90 valence electrons. The van der Waals surface area contributed by atoms with Crippen LogP contribution in [-0.4, -0.2) is 11.0 Å². The van der Waals surface area contributed by atoms with Crippen molar-refractivity contribution < 1.29 is 0 Å². The maximum absolute atomic E-state index is 6.06. The fourth-order valence-corrected chi connectivity index (χ4v) is 1.89.